The molecular weight excluding hydrogens is 206 g/mol. The van der Waals surface area contributed by atoms with Crippen LogP contribution in [0.15, 0.2) is 0 Å². The van der Waals surface area contributed by atoms with E-state index < -0.39 is 0 Å². The Morgan fingerprint density at radius 2 is 2.23 bits per heavy atom. The van der Waals surface area contributed by atoms with Gasteiger partial charge >= 0.3 is 0 Å². The molecule has 0 heterocycles. The quantitative estimate of drug-likeness (QED) is 0.644. The number of carbonyl (C=O) groups excluding carboxylic acids is 1. The van der Waals surface area contributed by atoms with Crippen LogP contribution in [0.5, 0.6) is 0 Å². The zero-order chi connectivity index (χ0) is 10.3. The van der Waals surface area contributed by atoms with E-state index in [1.807, 2.05) is 18.2 Å². The van der Waals surface area contributed by atoms with E-state index in [9.17, 15) is 4.79 Å². The van der Waals surface area contributed by atoms with Gasteiger partial charge in [0.25, 0.3) is 0 Å². The molecule has 0 aromatic rings. The van der Waals surface area contributed by atoms with Gasteiger partial charge in [0.1, 0.15) is 0 Å². The maximum Gasteiger partial charge on any atom is 0.222 e. The molecule has 0 bridgehead atoms. The van der Waals surface area contributed by atoms with Crippen molar-refractivity contribution in [3.63, 3.8) is 0 Å². The highest BCUT2D eigenvalue weighted by atomic mass is 35.5. The zero-order valence-corrected chi connectivity index (χ0v) is 10.1. The summed E-state index contributed by atoms with van der Waals surface area (Å²) in [6.45, 7) is 2.06. The van der Waals surface area contributed by atoms with Crippen LogP contribution in [0.3, 0.4) is 0 Å². The first-order chi connectivity index (χ1) is 6.13. The third kappa shape index (κ3) is 5.42. The summed E-state index contributed by atoms with van der Waals surface area (Å²) in [5, 5.41) is 0. The van der Waals surface area contributed by atoms with Crippen molar-refractivity contribution in [1.82, 2.24) is 4.90 Å². The van der Waals surface area contributed by atoms with Crippen molar-refractivity contribution in [2.24, 2.45) is 0 Å². The van der Waals surface area contributed by atoms with E-state index in [1.54, 1.807) is 11.8 Å². The van der Waals surface area contributed by atoms with Gasteiger partial charge in [-0.3, -0.25) is 4.79 Å². The third-order valence-corrected chi connectivity index (χ3v) is 3.07. The number of amides is 1. The van der Waals surface area contributed by atoms with Crippen LogP contribution < -0.4 is 0 Å². The summed E-state index contributed by atoms with van der Waals surface area (Å²) in [6.07, 6.45) is 3.39. The minimum Gasteiger partial charge on any atom is -0.342 e. The fourth-order valence-corrected chi connectivity index (χ4v) is 1.83. The van der Waals surface area contributed by atoms with Gasteiger partial charge in [-0.15, -0.1) is 11.6 Å². The molecule has 0 fully saturated rings. The number of hydrogen-bond donors (Lipinski definition) is 0. The van der Waals surface area contributed by atoms with E-state index in [2.05, 4.69) is 6.92 Å². The molecule has 13 heavy (non-hydrogen) atoms. The fraction of sp³-hybridized carbons (Fsp3) is 0.889. The van der Waals surface area contributed by atoms with Crippen molar-refractivity contribution in [2.45, 2.75) is 25.8 Å². The Morgan fingerprint density at radius 1 is 1.62 bits per heavy atom. The predicted octanol–water partition coefficient (Wildman–Crippen LogP) is 2.22. The highest BCUT2D eigenvalue weighted by molar-refractivity contribution is 7.98. The van der Waals surface area contributed by atoms with Gasteiger partial charge in [-0.1, -0.05) is 0 Å². The summed E-state index contributed by atoms with van der Waals surface area (Å²) in [5.41, 5.74) is 0. The van der Waals surface area contributed by atoms with Gasteiger partial charge in [0, 0.05) is 31.1 Å². The first-order valence-electron chi connectivity index (χ1n) is 4.44. The SMILES string of the molecule is CSCC(C)N(C)C(=O)CCCCl. The highest BCUT2D eigenvalue weighted by Gasteiger charge is 2.13. The van der Waals surface area contributed by atoms with Gasteiger partial charge < -0.3 is 4.90 Å². The summed E-state index contributed by atoms with van der Waals surface area (Å²) in [7, 11) is 1.86. The fourth-order valence-electron chi connectivity index (χ4n) is 0.993. The monoisotopic (exact) mass is 223 g/mol. The Hall–Kier alpha value is 0.110. The number of thioether (sulfide) groups is 1. The second-order valence-corrected chi connectivity index (χ2v) is 4.39. The normalized spacial score (nSPS) is 12.6. The van der Waals surface area contributed by atoms with Crippen LogP contribution in [0.1, 0.15) is 19.8 Å². The van der Waals surface area contributed by atoms with E-state index >= 15 is 0 Å². The van der Waals surface area contributed by atoms with E-state index in [0.717, 1.165) is 12.2 Å². The maximum absolute atomic E-state index is 11.5. The van der Waals surface area contributed by atoms with Crippen molar-refractivity contribution in [2.75, 3.05) is 24.9 Å². The lowest BCUT2D eigenvalue weighted by atomic mass is 10.2. The van der Waals surface area contributed by atoms with E-state index in [4.69, 9.17) is 11.6 Å². The molecule has 0 aliphatic carbocycles. The van der Waals surface area contributed by atoms with Crippen molar-refractivity contribution >= 4 is 29.3 Å². The van der Waals surface area contributed by atoms with E-state index in [-0.39, 0.29) is 5.91 Å². The molecule has 2 nitrogen and oxygen atoms in total. The smallest absolute Gasteiger partial charge is 0.222 e. The van der Waals surface area contributed by atoms with Crippen LogP contribution in [0.2, 0.25) is 0 Å². The van der Waals surface area contributed by atoms with Crippen LogP contribution >= 0.6 is 23.4 Å². The average molecular weight is 224 g/mol. The minimum absolute atomic E-state index is 0.196. The molecule has 0 spiro atoms. The van der Waals surface area contributed by atoms with Crippen molar-refractivity contribution in [1.29, 1.82) is 0 Å². The molecule has 0 rings (SSSR count). The van der Waals surface area contributed by atoms with Crippen LogP contribution in [0.25, 0.3) is 0 Å². The molecule has 78 valence electrons. The lowest BCUT2D eigenvalue weighted by Gasteiger charge is -2.24. The first-order valence-corrected chi connectivity index (χ1v) is 6.36. The summed E-state index contributed by atoms with van der Waals surface area (Å²) in [6, 6.07) is 0.317. The topological polar surface area (TPSA) is 20.3 Å². The molecule has 0 radical (unpaired) electrons. The second kappa shape index (κ2) is 7.51. The van der Waals surface area contributed by atoms with Gasteiger partial charge in [0.2, 0.25) is 5.91 Å². The number of hydrogen-bond acceptors (Lipinski definition) is 2. The summed E-state index contributed by atoms with van der Waals surface area (Å²) in [5.74, 6) is 1.75. The third-order valence-electron chi connectivity index (χ3n) is 1.99. The number of rotatable bonds is 6. The summed E-state index contributed by atoms with van der Waals surface area (Å²) >= 11 is 7.28. The maximum atomic E-state index is 11.5. The van der Waals surface area contributed by atoms with Gasteiger partial charge in [0.15, 0.2) is 0 Å². The van der Waals surface area contributed by atoms with E-state index in [1.165, 1.54) is 0 Å². The molecule has 0 saturated carbocycles. The standard InChI is InChI=1S/C9H18ClNOS/c1-8(7-13-3)11(2)9(12)5-4-6-10/h8H,4-7H2,1-3H3. The van der Waals surface area contributed by atoms with Crippen LogP contribution in [0.4, 0.5) is 0 Å². The average Bonchev–Trinajstić information content (AvgIpc) is 2.13. The number of nitrogens with zero attached hydrogens (tertiary/aromatic N) is 1. The molecule has 1 unspecified atom stereocenters. The van der Waals surface area contributed by atoms with Gasteiger partial charge in [-0.05, 0) is 19.6 Å². The number of carbonyl (C=O) groups is 1. The van der Waals surface area contributed by atoms with Crippen molar-refractivity contribution in [3.05, 3.63) is 0 Å². The van der Waals surface area contributed by atoms with Gasteiger partial charge in [-0.25, -0.2) is 0 Å². The molecule has 4 heteroatoms. The van der Waals surface area contributed by atoms with Crippen LogP contribution in [0, 0.1) is 0 Å². The number of halogens is 1. The molecule has 0 aliphatic rings. The van der Waals surface area contributed by atoms with Crippen molar-refractivity contribution in [3.8, 4) is 0 Å². The summed E-state index contributed by atoms with van der Waals surface area (Å²) < 4.78 is 0. The number of alkyl halides is 1. The molecular formula is C9H18ClNOS. The highest BCUT2D eigenvalue weighted by Crippen LogP contribution is 2.06. The molecule has 0 N–H and O–H groups in total. The largest absolute Gasteiger partial charge is 0.342 e. The first kappa shape index (κ1) is 13.1. The molecule has 0 aliphatic heterocycles. The lowest BCUT2D eigenvalue weighted by Crippen LogP contribution is -2.36. The van der Waals surface area contributed by atoms with Gasteiger partial charge in [0.05, 0.1) is 0 Å². The molecule has 1 atom stereocenters. The minimum atomic E-state index is 0.196. The Morgan fingerprint density at radius 3 is 2.69 bits per heavy atom. The van der Waals surface area contributed by atoms with Gasteiger partial charge in [-0.2, -0.15) is 11.8 Å². The Balaban J connectivity index is 3.79. The lowest BCUT2D eigenvalue weighted by molar-refractivity contribution is -0.131. The van der Waals surface area contributed by atoms with Crippen LogP contribution in [-0.2, 0) is 4.79 Å². The van der Waals surface area contributed by atoms with E-state index in [0.29, 0.717) is 18.3 Å². The zero-order valence-electron chi connectivity index (χ0n) is 8.55. The molecule has 1 amide bonds. The Kier molecular flexibility index (Phi) is 7.57. The Bertz CT molecular complexity index is 155. The molecule has 0 aromatic heterocycles. The molecule has 0 saturated heterocycles. The second-order valence-electron chi connectivity index (χ2n) is 3.10. The summed E-state index contributed by atoms with van der Waals surface area (Å²) in [4.78, 5) is 13.3. The molecule has 0 aromatic carbocycles. The predicted molar refractivity (Wildman–Crippen MR) is 60.6 cm³/mol. The Labute approximate surface area is 90.0 Å². The van der Waals surface area contributed by atoms with Crippen LogP contribution in [-0.4, -0.2) is 41.8 Å². The van der Waals surface area contributed by atoms with Crippen molar-refractivity contribution < 1.29 is 4.79 Å².